The first-order valence-electron chi connectivity index (χ1n) is 5.80. The molecule has 14 heavy (non-hydrogen) atoms. The highest BCUT2D eigenvalue weighted by Crippen LogP contribution is 2.29. The lowest BCUT2D eigenvalue weighted by Gasteiger charge is -2.26. The Morgan fingerprint density at radius 3 is 1.86 bits per heavy atom. The van der Waals surface area contributed by atoms with E-state index in [0.29, 0.717) is 10.8 Å². The Morgan fingerprint density at radius 1 is 1.00 bits per heavy atom. The Hall–Kier alpha value is -0.260. The molecule has 0 aromatic carbocycles. The van der Waals surface area contributed by atoms with Gasteiger partial charge < -0.3 is 0 Å². The average molecular weight is 196 g/mol. The molecule has 0 aliphatic rings. The van der Waals surface area contributed by atoms with Gasteiger partial charge in [-0.1, -0.05) is 60.6 Å². The Bertz CT molecular complexity index is 173. The van der Waals surface area contributed by atoms with Crippen LogP contribution < -0.4 is 0 Å². The van der Waals surface area contributed by atoms with Gasteiger partial charge in [0.25, 0.3) is 0 Å². The molecule has 0 N–H and O–H groups in total. The van der Waals surface area contributed by atoms with Gasteiger partial charge in [0, 0.05) is 0 Å². The summed E-state index contributed by atoms with van der Waals surface area (Å²) in [5.74, 6) is 0.798. The molecular weight excluding hydrogens is 168 g/mol. The SMILES string of the molecule is CC(CC/C=C/C(C)(C)C)C(C)(C)C. The Morgan fingerprint density at radius 2 is 1.50 bits per heavy atom. The summed E-state index contributed by atoms with van der Waals surface area (Å²) in [7, 11) is 0. The second-order valence-corrected chi connectivity index (χ2v) is 6.61. The first-order valence-corrected chi connectivity index (χ1v) is 5.80. The fourth-order valence-corrected chi connectivity index (χ4v) is 1.22. The molecule has 84 valence electrons. The van der Waals surface area contributed by atoms with Gasteiger partial charge in [0.15, 0.2) is 0 Å². The van der Waals surface area contributed by atoms with Gasteiger partial charge in [0.2, 0.25) is 0 Å². The van der Waals surface area contributed by atoms with Crippen molar-refractivity contribution in [2.45, 2.75) is 61.3 Å². The quantitative estimate of drug-likeness (QED) is 0.554. The monoisotopic (exact) mass is 196 g/mol. The Kier molecular flexibility index (Phi) is 4.91. The highest BCUT2D eigenvalue weighted by atomic mass is 14.2. The summed E-state index contributed by atoms with van der Waals surface area (Å²) in [6.07, 6.45) is 7.18. The fraction of sp³-hybridized carbons (Fsp3) is 0.857. The summed E-state index contributed by atoms with van der Waals surface area (Å²) in [6.45, 7) is 16.1. The highest BCUT2D eigenvalue weighted by molar-refractivity contribution is 4.92. The van der Waals surface area contributed by atoms with Crippen LogP contribution in [0, 0.1) is 16.7 Å². The minimum absolute atomic E-state index is 0.338. The molecule has 0 aliphatic carbocycles. The van der Waals surface area contributed by atoms with Gasteiger partial charge in [-0.05, 0) is 29.6 Å². The van der Waals surface area contributed by atoms with Crippen LogP contribution in [0.2, 0.25) is 0 Å². The molecule has 0 saturated heterocycles. The zero-order valence-corrected chi connectivity index (χ0v) is 11.1. The highest BCUT2D eigenvalue weighted by Gasteiger charge is 2.18. The zero-order chi connectivity index (χ0) is 11.4. The predicted octanol–water partition coefficient (Wildman–Crippen LogP) is 5.05. The van der Waals surface area contributed by atoms with Crippen LogP contribution in [-0.4, -0.2) is 0 Å². The van der Waals surface area contributed by atoms with E-state index >= 15 is 0 Å². The summed E-state index contributed by atoms with van der Waals surface area (Å²) in [5, 5.41) is 0. The van der Waals surface area contributed by atoms with Crippen LogP contribution in [0.5, 0.6) is 0 Å². The van der Waals surface area contributed by atoms with Crippen molar-refractivity contribution in [3.05, 3.63) is 12.2 Å². The van der Waals surface area contributed by atoms with Crippen LogP contribution in [0.15, 0.2) is 12.2 Å². The van der Waals surface area contributed by atoms with Crippen molar-refractivity contribution in [1.29, 1.82) is 0 Å². The maximum atomic E-state index is 2.35. The molecule has 0 aliphatic heterocycles. The topological polar surface area (TPSA) is 0 Å². The average Bonchev–Trinajstić information content (AvgIpc) is 1.93. The van der Waals surface area contributed by atoms with Gasteiger partial charge in [-0.15, -0.1) is 0 Å². The maximum absolute atomic E-state index is 2.35. The van der Waals surface area contributed by atoms with E-state index in [1.807, 2.05) is 0 Å². The molecule has 0 radical (unpaired) electrons. The van der Waals surface area contributed by atoms with Crippen molar-refractivity contribution in [1.82, 2.24) is 0 Å². The minimum Gasteiger partial charge on any atom is -0.0880 e. The molecule has 0 heteroatoms. The second kappa shape index (κ2) is 5.00. The van der Waals surface area contributed by atoms with E-state index in [-0.39, 0.29) is 0 Å². The third-order valence-corrected chi connectivity index (χ3v) is 2.86. The number of hydrogen-bond acceptors (Lipinski definition) is 0. The van der Waals surface area contributed by atoms with Gasteiger partial charge >= 0.3 is 0 Å². The lowest BCUT2D eigenvalue weighted by atomic mass is 9.79. The van der Waals surface area contributed by atoms with Crippen molar-refractivity contribution in [2.75, 3.05) is 0 Å². The largest absolute Gasteiger partial charge is 0.0880 e. The van der Waals surface area contributed by atoms with Gasteiger partial charge in [0.05, 0.1) is 0 Å². The van der Waals surface area contributed by atoms with Crippen molar-refractivity contribution in [3.63, 3.8) is 0 Å². The summed E-state index contributed by atoms with van der Waals surface area (Å²) < 4.78 is 0. The summed E-state index contributed by atoms with van der Waals surface area (Å²) in [4.78, 5) is 0. The van der Waals surface area contributed by atoms with E-state index in [4.69, 9.17) is 0 Å². The molecule has 1 unspecified atom stereocenters. The zero-order valence-electron chi connectivity index (χ0n) is 11.1. The predicted molar refractivity (Wildman–Crippen MR) is 66.4 cm³/mol. The Balaban J connectivity index is 3.81. The molecule has 0 nitrogen and oxygen atoms in total. The molecule has 0 aromatic heterocycles. The lowest BCUT2D eigenvalue weighted by Crippen LogP contribution is -2.16. The number of hydrogen-bond donors (Lipinski definition) is 0. The summed E-state index contributed by atoms with van der Waals surface area (Å²) in [6, 6.07) is 0. The summed E-state index contributed by atoms with van der Waals surface area (Å²) >= 11 is 0. The van der Waals surface area contributed by atoms with E-state index in [9.17, 15) is 0 Å². The van der Waals surface area contributed by atoms with Crippen LogP contribution in [-0.2, 0) is 0 Å². The molecule has 0 rings (SSSR count). The maximum Gasteiger partial charge on any atom is -0.0203 e. The first kappa shape index (κ1) is 13.7. The van der Waals surface area contributed by atoms with Crippen molar-refractivity contribution in [3.8, 4) is 0 Å². The van der Waals surface area contributed by atoms with Crippen molar-refractivity contribution < 1.29 is 0 Å². The number of rotatable bonds is 3. The minimum atomic E-state index is 0.338. The second-order valence-electron chi connectivity index (χ2n) is 6.61. The van der Waals surface area contributed by atoms with Gasteiger partial charge in [-0.3, -0.25) is 0 Å². The molecule has 0 bridgehead atoms. The third-order valence-electron chi connectivity index (χ3n) is 2.86. The molecule has 0 heterocycles. The van der Waals surface area contributed by atoms with Crippen LogP contribution in [0.3, 0.4) is 0 Å². The van der Waals surface area contributed by atoms with Crippen molar-refractivity contribution in [2.24, 2.45) is 16.7 Å². The molecule has 0 spiro atoms. The molecule has 0 saturated carbocycles. The van der Waals surface area contributed by atoms with E-state index in [0.717, 1.165) is 5.92 Å². The van der Waals surface area contributed by atoms with Gasteiger partial charge in [-0.25, -0.2) is 0 Å². The summed E-state index contributed by atoms with van der Waals surface area (Å²) in [5.41, 5.74) is 0.792. The van der Waals surface area contributed by atoms with Crippen LogP contribution in [0.25, 0.3) is 0 Å². The van der Waals surface area contributed by atoms with E-state index < -0.39 is 0 Å². The molecule has 0 aromatic rings. The smallest absolute Gasteiger partial charge is 0.0203 e. The van der Waals surface area contributed by atoms with E-state index in [1.165, 1.54) is 12.8 Å². The van der Waals surface area contributed by atoms with Crippen LogP contribution in [0.4, 0.5) is 0 Å². The molecule has 0 amide bonds. The lowest BCUT2D eigenvalue weighted by molar-refractivity contribution is 0.248. The van der Waals surface area contributed by atoms with Crippen LogP contribution in [0.1, 0.15) is 61.3 Å². The number of allylic oxidation sites excluding steroid dienone is 2. The van der Waals surface area contributed by atoms with Crippen LogP contribution >= 0.6 is 0 Å². The normalized spacial score (nSPS) is 16.2. The first-order chi connectivity index (χ1) is 6.13. The van der Waals surface area contributed by atoms with Crippen molar-refractivity contribution >= 4 is 0 Å². The standard InChI is InChI=1S/C14H28/c1-12(14(5,6)7)10-8-9-11-13(2,3)4/h9,11-12H,8,10H2,1-7H3/b11-9+. The Labute approximate surface area is 90.8 Å². The molecular formula is C14H28. The molecule has 1 atom stereocenters. The fourth-order valence-electron chi connectivity index (χ4n) is 1.22. The molecule has 0 fully saturated rings. The van der Waals surface area contributed by atoms with E-state index in [1.54, 1.807) is 0 Å². The van der Waals surface area contributed by atoms with Gasteiger partial charge in [0.1, 0.15) is 0 Å². The van der Waals surface area contributed by atoms with E-state index in [2.05, 4.69) is 60.6 Å². The van der Waals surface area contributed by atoms with Gasteiger partial charge in [-0.2, -0.15) is 0 Å². The third kappa shape index (κ3) is 7.17.